The molecule has 3 aromatic carbocycles. The van der Waals surface area contributed by atoms with Crippen LogP contribution in [0.4, 0.5) is 17.1 Å². The lowest BCUT2D eigenvalue weighted by atomic mass is 9.99. The molecule has 0 aliphatic carbocycles. The van der Waals surface area contributed by atoms with Crippen molar-refractivity contribution >= 4 is 34.2 Å². The monoisotopic (exact) mass is 453 g/mol. The van der Waals surface area contributed by atoms with Crippen LogP contribution in [0, 0.1) is 10.1 Å². The molecule has 0 saturated heterocycles. The van der Waals surface area contributed by atoms with Gasteiger partial charge in [0.15, 0.2) is 0 Å². The number of carbonyl (C=O) groups is 1. The third-order valence-electron chi connectivity index (χ3n) is 5.54. The number of nitrogens with one attached hydrogen (secondary N) is 3. The largest absolute Gasteiger partial charge is 0.497 e. The molecular weight excluding hydrogens is 434 g/mol. The molecule has 9 nitrogen and oxygen atoms in total. The summed E-state index contributed by atoms with van der Waals surface area (Å²) < 4.78 is 5.26. The number of aromatic amines is 1. The first-order chi connectivity index (χ1) is 16.5. The maximum absolute atomic E-state index is 13.0. The lowest BCUT2D eigenvalue weighted by Gasteiger charge is -2.15. The molecular formula is C25H19N5O4. The van der Waals surface area contributed by atoms with E-state index in [2.05, 4.69) is 20.6 Å². The van der Waals surface area contributed by atoms with E-state index in [1.165, 1.54) is 12.1 Å². The van der Waals surface area contributed by atoms with Crippen LogP contribution in [0.3, 0.4) is 0 Å². The number of hydrogen-bond donors (Lipinski definition) is 3. The molecule has 1 aliphatic rings. The number of rotatable bonds is 6. The molecule has 5 rings (SSSR count). The summed E-state index contributed by atoms with van der Waals surface area (Å²) in [7, 11) is 1.58. The quantitative estimate of drug-likeness (QED) is 0.216. The summed E-state index contributed by atoms with van der Waals surface area (Å²) in [6.07, 6.45) is 3.42. The van der Waals surface area contributed by atoms with E-state index < -0.39 is 4.92 Å². The highest BCUT2D eigenvalue weighted by atomic mass is 16.6. The number of carbonyl (C=O) groups excluding carboxylic acids is 1. The number of imidazole rings is 1. The van der Waals surface area contributed by atoms with E-state index in [0.29, 0.717) is 28.3 Å². The smallest absolute Gasteiger partial charge is 0.270 e. The van der Waals surface area contributed by atoms with Crippen molar-refractivity contribution in [3.05, 3.63) is 100 Å². The van der Waals surface area contributed by atoms with Crippen LogP contribution >= 0.6 is 0 Å². The van der Waals surface area contributed by atoms with Gasteiger partial charge in [0.05, 0.1) is 35.3 Å². The molecule has 0 unspecified atom stereocenters. The van der Waals surface area contributed by atoms with E-state index in [-0.39, 0.29) is 11.6 Å². The summed E-state index contributed by atoms with van der Waals surface area (Å²) in [6, 6.07) is 19.2. The fraction of sp³-hybridized carbons (Fsp3) is 0.0400. The van der Waals surface area contributed by atoms with E-state index in [9.17, 15) is 14.9 Å². The molecule has 0 spiro atoms. The van der Waals surface area contributed by atoms with Gasteiger partial charge in [-0.1, -0.05) is 12.1 Å². The highest BCUT2D eigenvalue weighted by molar-refractivity contribution is 6.37. The number of ether oxygens (including phenoxy) is 1. The Morgan fingerprint density at radius 1 is 1.06 bits per heavy atom. The molecule has 0 atom stereocenters. The summed E-state index contributed by atoms with van der Waals surface area (Å²) in [5.41, 5.74) is 4.95. The zero-order chi connectivity index (χ0) is 23.7. The van der Waals surface area contributed by atoms with Crippen molar-refractivity contribution in [1.29, 1.82) is 0 Å². The standard InChI is InChI=1S/C25H19N5O4/c1-34-19-9-4-16(5-10-19)24(28-17-6-2-15(3-7-17)22-13-26-14-27-22)23-20-12-18(30(32)33)8-11-21(20)29-25(23)31/h2-14,28H,1H3,(H,26,27)(H,29,31). The van der Waals surface area contributed by atoms with E-state index >= 15 is 0 Å². The van der Waals surface area contributed by atoms with Gasteiger partial charge in [-0.2, -0.15) is 0 Å². The van der Waals surface area contributed by atoms with Crippen LogP contribution in [0.2, 0.25) is 0 Å². The summed E-state index contributed by atoms with van der Waals surface area (Å²) in [4.78, 5) is 31.1. The molecule has 168 valence electrons. The van der Waals surface area contributed by atoms with E-state index in [0.717, 1.165) is 22.5 Å². The van der Waals surface area contributed by atoms with Crippen molar-refractivity contribution in [3.63, 3.8) is 0 Å². The topological polar surface area (TPSA) is 122 Å². The predicted octanol–water partition coefficient (Wildman–Crippen LogP) is 4.93. The number of amides is 1. The predicted molar refractivity (Wildman–Crippen MR) is 129 cm³/mol. The normalized spacial score (nSPS) is 13.7. The minimum Gasteiger partial charge on any atom is -0.497 e. The van der Waals surface area contributed by atoms with Crippen molar-refractivity contribution in [1.82, 2.24) is 9.97 Å². The molecule has 0 bridgehead atoms. The highest BCUT2D eigenvalue weighted by Gasteiger charge is 2.30. The van der Waals surface area contributed by atoms with Crippen LogP contribution in [0.25, 0.3) is 22.5 Å². The Morgan fingerprint density at radius 3 is 2.47 bits per heavy atom. The number of anilines is 2. The lowest BCUT2D eigenvalue weighted by molar-refractivity contribution is -0.384. The number of nitrogens with zero attached hydrogens (tertiary/aromatic N) is 2. The van der Waals surface area contributed by atoms with Crippen molar-refractivity contribution in [2.45, 2.75) is 0 Å². The number of H-pyrrole nitrogens is 1. The van der Waals surface area contributed by atoms with Gasteiger partial charge in [-0.3, -0.25) is 14.9 Å². The fourth-order valence-corrected chi connectivity index (χ4v) is 3.84. The molecule has 4 aromatic rings. The number of nitro benzene ring substituents is 1. The van der Waals surface area contributed by atoms with E-state index in [4.69, 9.17) is 4.74 Å². The third kappa shape index (κ3) is 3.86. The maximum Gasteiger partial charge on any atom is 0.270 e. The Kier molecular flexibility index (Phi) is 5.27. The van der Waals surface area contributed by atoms with Gasteiger partial charge in [0.1, 0.15) is 5.75 Å². The number of hydrogen-bond acceptors (Lipinski definition) is 6. The second kappa shape index (κ2) is 8.55. The first kappa shape index (κ1) is 21.0. The molecule has 1 aliphatic heterocycles. The van der Waals surface area contributed by atoms with Crippen LogP contribution in [0.15, 0.2) is 79.3 Å². The Hall–Kier alpha value is -4.92. The van der Waals surface area contributed by atoms with Crippen molar-refractivity contribution in [3.8, 4) is 17.0 Å². The van der Waals surface area contributed by atoms with Gasteiger partial charge in [0.25, 0.3) is 11.6 Å². The van der Waals surface area contributed by atoms with E-state index in [1.807, 2.05) is 36.4 Å². The van der Waals surface area contributed by atoms with Crippen LogP contribution in [-0.4, -0.2) is 27.9 Å². The van der Waals surface area contributed by atoms with Crippen molar-refractivity contribution in [2.24, 2.45) is 0 Å². The second-order valence-electron chi connectivity index (χ2n) is 7.58. The molecule has 3 N–H and O–H groups in total. The Bertz CT molecular complexity index is 1410. The third-order valence-corrected chi connectivity index (χ3v) is 5.54. The van der Waals surface area contributed by atoms with Crippen LogP contribution in [0.1, 0.15) is 11.1 Å². The van der Waals surface area contributed by atoms with Crippen LogP contribution < -0.4 is 15.4 Å². The van der Waals surface area contributed by atoms with Crippen molar-refractivity contribution < 1.29 is 14.5 Å². The number of fused-ring (bicyclic) bond motifs is 1. The number of aromatic nitrogens is 2. The molecule has 9 heteroatoms. The van der Waals surface area contributed by atoms with Crippen LogP contribution in [-0.2, 0) is 4.79 Å². The van der Waals surface area contributed by atoms with E-state index in [1.54, 1.807) is 37.8 Å². The molecule has 2 heterocycles. The van der Waals surface area contributed by atoms with Gasteiger partial charge >= 0.3 is 0 Å². The SMILES string of the molecule is COc1ccc(C(Nc2ccc(-c3c[nH]cn3)cc2)=C2C(=O)Nc3ccc([N+](=O)[O-])cc32)cc1. The highest BCUT2D eigenvalue weighted by Crippen LogP contribution is 2.39. The first-order valence-electron chi connectivity index (χ1n) is 10.4. The van der Waals surface area contributed by atoms with Gasteiger partial charge in [-0.25, -0.2) is 4.98 Å². The molecule has 0 fully saturated rings. The average molecular weight is 453 g/mol. The second-order valence-corrected chi connectivity index (χ2v) is 7.58. The maximum atomic E-state index is 13.0. The number of methoxy groups -OCH3 is 1. The van der Waals surface area contributed by atoms with Gasteiger partial charge in [0, 0.05) is 40.8 Å². The number of benzene rings is 3. The summed E-state index contributed by atoms with van der Waals surface area (Å²) >= 11 is 0. The Labute approximate surface area is 194 Å². The zero-order valence-corrected chi connectivity index (χ0v) is 18.0. The molecule has 0 radical (unpaired) electrons. The average Bonchev–Trinajstić information content (AvgIpc) is 3.50. The van der Waals surface area contributed by atoms with Gasteiger partial charge in [0.2, 0.25) is 0 Å². The summed E-state index contributed by atoms with van der Waals surface area (Å²) in [5, 5.41) is 17.5. The fourth-order valence-electron chi connectivity index (χ4n) is 3.84. The minimum absolute atomic E-state index is 0.0924. The summed E-state index contributed by atoms with van der Waals surface area (Å²) in [6.45, 7) is 0. The van der Waals surface area contributed by atoms with Gasteiger partial charge in [-0.15, -0.1) is 0 Å². The Balaban J connectivity index is 1.62. The first-order valence-corrected chi connectivity index (χ1v) is 10.4. The number of non-ortho nitro benzene ring substituents is 1. The zero-order valence-electron chi connectivity index (χ0n) is 18.0. The number of nitro groups is 1. The van der Waals surface area contributed by atoms with Crippen LogP contribution in [0.5, 0.6) is 5.75 Å². The van der Waals surface area contributed by atoms with Gasteiger partial charge < -0.3 is 20.4 Å². The Morgan fingerprint density at radius 2 is 1.82 bits per heavy atom. The minimum atomic E-state index is -0.477. The lowest BCUT2D eigenvalue weighted by Crippen LogP contribution is -2.10. The molecule has 0 saturated carbocycles. The van der Waals surface area contributed by atoms with Crippen molar-refractivity contribution in [2.75, 3.05) is 17.7 Å². The summed E-state index contributed by atoms with van der Waals surface area (Å²) in [5.74, 6) is 0.324. The molecule has 34 heavy (non-hydrogen) atoms. The van der Waals surface area contributed by atoms with Gasteiger partial charge in [-0.05, 0) is 48.0 Å². The molecule has 1 amide bonds. The molecule has 1 aromatic heterocycles.